The average molecular weight is 354 g/mol. The second kappa shape index (κ2) is 7.18. The molecule has 0 radical (unpaired) electrons. The zero-order chi connectivity index (χ0) is 17.2. The molecule has 2 aromatic rings. The third-order valence-corrected chi connectivity index (χ3v) is 6.40. The van der Waals surface area contributed by atoms with Crippen molar-refractivity contribution in [3.8, 4) is 0 Å². The van der Waals surface area contributed by atoms with Gasteiger partial charge in [0.2, 0.25) is 0 Å². The van der Waals surface area contributed by atoms with E-state index in [2.05, 4.69) is 29.2 Å². The molecule has 0 saturated carbocycles. The molecule has 0 unspecified atom stereocenters. The minimum absolute atomic E-state index is 0.136. The predicted molar refractivity (Wildman–Crippen MR) is 100.0 cm³/mol. The number of piperidine rings is 1. The van der Waals surface area contributed by atoms with Crippen LogP contribution < -0.4 is 0 Å². The summed E-state index contributed by atoms with van der Waals surface area (Å²) < 4.78 is 0. The van der Waals surface area contributed by atoms with Crippen molar-refractivity contribution >= 4 is 17.4 Å². The highest BCUT2D eigenvalue weighted by molar-refractivity contribution is 7.99. The molecule has 2 aliphatic heterocycles. The number of hydrogen-bond acceptors (Lipinski definition) is 4. The van der Waals surface area contributed by atoms with Crippen molar-refractivity contribution in [2.45, 2.75) is 54.0 Å². The summed E-state index contributed by atoms with van der Waals surface area (Å²) in [7, 11) is 0. The van der Waals surface area contributed by atoms with Crippen LogP contribution >= 0.6 is 11.8 Å². The molecule has 0 spiro atoms. The highest BCUT2D eigenvalue weighted by atomic mass is 32.2. The molecule has 0 N–H and O–H groups in total. The molecule has 2 aliphatic rings. The lowest BCUT2D eigenvalue weighted by Crippen LogP contribution is -2.37. The fraction of sp³-hybridized carbons (Fsp3) is 0.400. The summed E-state index contributed by atoms with van der Waals surface area (Å²) in [4.78, 5) is 15.3. The Morgan fingerprint density at radius 2 is 1.56 bits per heavy atom. The molecule has 5 heteroatoms. The molecular formula is C20H22N2O2S. The van der Waals surface area contributed by atoms with E-state index in [9.17, 15) is 10.1 Å². The summed E-state index contributed by atoms with van der Waals surface area (Å²) in [6.07, 6.45) is 6.68. The monoisotopic (exact) mass is 354 g/mol. The number of hydrogen-bond donors (Lipinski definition) is 0. The van der Waals surface area contributed by atoms with Crippen LogP contribution in [0.15, 0.2) is 58.3 Å². The SMILES string of the molecule is O=[N+]([O-])c1ccc(Sc2ccc([C@@H]3CCC[C@@H]4CCCN43)cc2)cc1. The first kappa shape index (κ1) is 16.6. The van der Waals surface area contributed by atoms with E-state index in [1.807, 2.05) is 12.1 Å². The third kappa shape index (κ3) is 3.58. The summed E-state index contributed by atoms with van der Waals surface area (Å²) in [5.74, 6) is 0. The van der Waals surface area contributed by atoms with Gasteiger partial charge in [-0.3, -0.25) is 15.0 Å². The fourth-order valence-electron chi connectivity index (χ4n) is 4.18. The summed E-state index contributed by atoms with van der Waals surface area (Å²) in [6.45, 7) is 1.24. The quantitative estimate of drug-likeness (QED) is 0.542. The first-order valence-corrected chi connectivity index (χ1v) is 9.80. The molecule has 2 atom stereocenters. The standard InChI is InChI=1S/C20H22N2O2S/c23-22(24)17-8-12-19(13-9-17)25-18-10-6-15(7-11-18)20-5-1-3-16-4-2-14-21(16)20/h6-13,16,20H,1-5,14H2/t16-,20+/m1/s1. The van der Waals surface area contributed by atoms with Gasteiger partial charge >= 0.3 is 0 Å². The lowest BCUT2D eigenvalue weighted by molar-refractivity contribution is -0.384. The summed E-state index contributed by atoms with van der Waals surface area (Å²) >= 11 is 1.65. The van der Waals surface area contributed by atoms with E-state index in [0.717, 1.165) is 10.9 Å². The molecule has 130 valence electrons. The molecule has 2 aromatic carbocycles. The predicted octanol–water partition coefficient (Wildman–Crippen LogP) is 5.44. The summed E-state index contributed by atoms with van der Waals surface area (Å²) in [6, 6.07) is 17.0. The smallest absolute Gasteiger partial charge is 0.269 e. The molecule has 0 aromatic heterocycles. The number of nitro benzene ring substituents is 1. The van der Waals surface area contributed by atoms with Crippen LogP contribution in [0.3, 0.4) is 0 Å². The molecule has 0 amide bonds. The van der Waals surface area contributed by atoms with Gasteiger partial charge in [0.25, 0.3) is 5.69 Å². The van der Waals surface area contributed by atoms with Crippen LogP contribution in [-0.2, 0) is 0 Å². The zero-order valence-electron chi connectivity index (χ0n) is 14.1. The van der Waals surface area contributed by atoms with E-state index in [1.165, 1.54) is 49.1 Å². The van der Waals surface area contributed by atoms with Crippen LogP contribution in [0, 0.1) is 10.1 Å². The van der Waals surface area contributed by atoms with E-state index in [1.54, 1.807) is 23.9 Å². The van der Waals surface area contributed by atoms with E-state index < -0.39 is 0 Å². The molecule has 4 nitrogen and oxygen atoms in total. The largest absolute Gasteiger partial charge is 0.293 e. The van der Waals surface area contributed by atoms with Gasteiger partial charge in [0.15, 0.2) is 0 Å². The molecule has 4 rings (SSSR count). The van der Waals surface area contributed by atoms with Crippen molar-refractivity contribution in [1.82, 2.24) is 4.90 Å². The van der Waals surface area contributed by atoms with Crippen LogP contribution in [0.1, 0.15) is 43.7 Å². The minimum Gasteiger partial charge on any atom is -0.293 e. The second-order valence-corrected chi connectivity index (χ2v) is 8.05. The summed E-state index contributed by atoms with van der Waals surface area (Å²) in [5.41, 5.74) is 1.57. The zero-order valence-corrected chi connectivity index (χ0v) is 15.0. The molecule has 2 heterocycles. The van der Waals surface area contributed by atoms with Gasteiger partial charge in [-0.25, -0.2) is 0 Å². The average Bonchev–Trinajstić information content (AvgIpc) is 3.12. The van der Waals surface area contributed by atoms with E-state index in [4.69, 9.17) is 0 Å². The van der Waals surface area contributed by atoms with Crippen LogP contribution in [-0.4, -0.2) is 22.4 Å². The maximum Gasteiger partial charge on any atom is 0.269 e. The van der Waals surface area contributed by atoms with Gasteiger partial charge in [-0.1, -0.05) is 23.9 Å². The van der Waals surface area contributed by atoms with Crippen molar-refractivity contribution in [2.24, 2.45) is 0 Å². The number of nitrogens with zero attached hydrogens (tertiary/aromatic N) is 2. The molecule has 0 aliphatic carbocycles. The number of non-ortho nitro benzene ring substituents is 1. The maximum absolute atomic E-state index is 10.7. The molecule has 2 saturated heterocycles. The van der Waals surface area contributed by atoms with Crippen molar-refractivity contribution in [3.05, 3.63) is 64.2 Å². The Kier molecular flexibility index (Phi) is 4.77. The summed E-state index contributed by atoms with van der Waals surface area (Å²) in [5, 5.41) is 10.7. The van der Waals surface area contributed by atoms with Crippen molar-refractivity contribution in [3.63, 3.8) is 0 Å². The lowest BCUT2D eigenvalue weighted by Gasteiger charge is -2.38. The Morgan fingerprint density at radius 3 is 2.24 bits per heavy atom. The van der Waals surface area contributed by atoms with Crippen LogP contribution in [0.2, 0.25) is 0 Å². The Bertz CT molecular complexity index is 745. The van der Waals surface area contributed by atoms with Crippen LogP contribution in [0.25, 0.3) is 0 Å². The minimum atomic E-state index is -0.362. The number of fused-ring (bicyclic) bond motifs is 1. The highest BCUT2D eigenvalue weighted by Crippen LogP contribution is 2.40. The van der Waals surface area contributed by atoms with Gasteiger partial charge in [-0.15, -0.1) is 0 Å². The molecule has 25 heavy (non-hydrogen) atoms. The topological polar surface area (TPSA) is 46.4 Å². The normalized spacial score (nSPS) is 23.4. The van der Waals surface area contributed by atoms with E-state index in [-0.39, 0.29) is 10.6 Å². The van der Waals surface area contributed by atoms with Gasteiger partial charge in [0, 0.05) is 34.0 Å². The second-order valence-electron chi connectivity index (χ2n) is 6.90. The van der Waals surface area contributed by atoms with Gasteiger partial charge in [0.1, 0.15) is 0 Å². The number of nitro groups is 1. The van der Waals surface area contributed by atoms with Crippen molar-refractivity contribution in [1.29, 1.82) is 0 Å². The first-order chi connectivity index (χ1) is 12.2. The maximum atomic E-state index is 10.7. The molecule has 2 fully saturated rings. The van der Waals surface area contributed by atoms with Crippen molar-refractivity contribution in [2.75, 3.05) is 6.54 Å². The Hall–Kier alpha value is -1.85. The molecular weight excluding hydrogens is 332 g/mol. The van der Waals surface area contributed by atoms with Gasteiger partial charge in [-0.2, -0.15) is 0 Å². The fourth-order valence-corrected chi connectivity index (χ4v) is 5.00. The van der Waals surface area contributed by atoms with Crippen molar-refractivity contribution < 1.29 is 4.92 Å². The number of rotatable bonds is 4. The highest BCUT2D eigenvalue weighted by Gasteiger charge is 2.34. The van der Waals surface area contributed by atoms with Gasteiger partial charge < -0.3 is 0 Å². The Morgan fingerprint density at radius 1 is 0.920 bits per heavy atom. The van der Waals surface area contributed by atoms with E-state index in [0.29, 0.717) is 6.04 Å². The van der Waals surface area contributed by atoms with E-state index >= 15 is 0 Å². The lowest BCUT2D eigenvalue weighted by atomic mass is 9.92. The Balaban J connectivity index is 1.45. The number of benzene rings is 2. The van der Waals surface area contributed by atoms with Gasteiger partial charge in [0.05, 0.1) is 4.92 Å². The Labute approximate surface area is 152 Å². The van der Waals surface area contributed by atoms with Crippen LogP contribution in [0.5, 0.6) is 0 Å². The first-order valence-electron chi connectivity index (χ1n) is 8.99. The molecule has 0 bridgehead atoms. The van der Waals surface area contributed by atoms with Gasteiger partial charge in [-0.05, 0) is 68.5 Å². The third-order valence-electron chi connectivity index (χ3n) is 5.39. The van der Waals surface area contributed by atoms with Crippen LogP contribution in [0.4, 0.5) is 5.69 Å².